The second-order valence-electron chi connectivity index (χ2n) is 4.43. The Kier molecular flexibility index (Phi) is 4.52. The number of hydrogen-bond acceptors (Lipinski definition) is 5. The highest BCUT2D eigenvalue weighted by molar-refractivity contribution is 9.10. The molecule has 1 aromatic carbocycles. The van der Waals surface area contributed by atoms with Crippen LogP contribution in [0, 0.1) is 27.3 Å². The van der Waals surface area contributed by atoms with E-state index in [0.29, 0.717) is 38.4 Å². The number of nitro groups is 1. The third kappa shape index (κ3) is 3.05. The largest absolute Gasteiger partial charge is 0.363 e. The molecule has 8 heteroatoms. The van der Waals surface area contributed by atoms with Crippen molar-refractivity contribution in [2.45, 2.75) is 0 Å². The lowest BCUT2D eigenvalue weighted by atomic mass is 10.2. The number of nitriles is 1. The van der Waals surface area contributed by atoms with E-state index in [9.17, 15) is 14.5 Å². The molecule has 1 fully saturated rings. The second kappa shape index (κ2) is 6.15. The van der Waals surface area contributed by atoms with Crippen LogP contribution in [0.25, 0.3) is 0 Å². The summed E-state index contributed by atoms with van der Waals surface area (Å²) in [5, 5.41) is 19.7. The Labute approximate surface area is 123 Å². The average molecular weight is 343 g/mol. The number of hydrogen-bond donors (Lipinski definition) is 0. The Bertz CT molecular complexity index is 567. The average Bonchev–Trinajstić information content (AvgIpc) is 2.42. The third-order valence-corrected chi connectivity index (χ3v) is 3.83. The van der Waals surface area contributed by atoms with Crippen LogP contribution in [0.2, 0.25) is 0 Å². The van der Waals surface area contributed by atoms with Gasteiger partial charge in [0, 0.05) is 26.2 Å². The molecule has 2 rings (SSSR count). The monoisotopic (exact) mass is 342 g/mol. The van der Waals surface area contributed by atoms with E-state index >= 15 is 0 Å². The van der Waals surface area contributed by atoms with Gasteiger partial charge in [-0.2, -0.15) is 5.26 Å². The Morgan fingerprint density at radius 3 is 2.60 bits per heavy atom. The predicted octanol–water partition coefficient (Wildman–Crippen LogP) is 2.14. The molecule has 1 aliphatic heterocycles. The lowest BCUT2D eigenvalue weighted by Gasteiger charge is -2.34. The first kappa shape index (κ1) is 14.7. The van der Waals surface area contributed by atoms with Gasteiger partial charge >= 0.3 is 0 Å². The quantitative estimate of drug-likeness (QED) is 0.478. The molecule has 0 aromatic heterocycles. The molecule has 106 valence electrons. The van der Waals surface area contributed by atoms with Crippen molar-refractivity contribution < 1.29 is 9.31 Å². The van der Waals surface area contributed by atoms with Gasteiger partial charge in [0.2, 0.25) is 0 Å². The van der Waals surface area contributed by atoms with Crippen LogP contribution in [-0.2, 0) is 0 Å². The van der Waals surface area contributed by atoms with Gasteiger partial charge in [0.1, 0.15) is 11.5 Å². The van der Waals surface area contributed by atoms with E-state index < -0.39 is 10.7 Å². The minimum atomic E-state index is -0.649. The molecule has 0 radical (unpaired) electrons. The lowest BCUT2D eigenvalue weighted by Crippen LogP contribution is -2.46. The highest BCUT2D eigenvalue weighted by Crippen LogP contribution is 2.33. The molecule has 0 atom stereocenters. The van der Waals surface area contributed by atoms with E-state index in [1.165, 1.54) is 6.07 Å². The number of halogens is 2. The molecule has 1 saturated heterocycles. The highest BCUT2D eigenvalue weighted by atomic mass is 79.9. The van der Waals surface area contributed by atoms with Crippen LogP contribution in [0.3, 0.4) is 0 Å². The van der Waals surface area contributed by atoms with Gasteiger partial charge in [0.25, 0.3) is 5.69 Å². The van der Waals surface area contributed by atoms with E-state index in [1.807, 2.05) is 9.80 Å². The summed E-state index contributed by atoms with van der Waals surface area (Å²) in [5.74, 6) is -0.649. The zero-order valence-corrected chi connectivity index (χ0v) is 12.1. The van der Waals surface area contributed by atoms with Gasteiger partial charge in [0.15, 0.2) is 0 Å². The van der Waals surface area contributed by atoms with Gasteiger partial charge < -0.3 is 4.90 Å². The van der Waals surface area contributed by atoms with Crippen molar-refractivity contribution in [1.82, 2.24) is 4.90 Å². The molecular weight excluding hydrogens is 331 g/mol. The van der Waals surface area contributed by atoms with E-state index in [4.69, 9.17) is 5.26 Å². The van der Waals surface area contributed by atoms with Crippen LogP contribution < -0.4 is 4.90 Å². The van der Waals surface area contributed by atoms with E-state index in [2.05, 4.69) is 22.0 Å². The molecule has 0 unspecified atom stereocenters. The zero-order valence-electron chi connectivity index (χ0n) is 10.6. The van der Waals surface area contributed by atoms with Crippen LogP contribution >= 0.6 is 15.9 Å². The fraction of sp³-hybridized carbons (Fsp3) is 0.417. The maximum atomic E-state index is 13.4. The predicted molar refractivity (Wildman–Crippen MR) is 75.0 cm³/mol. The lowest BCUT2D eigenvalue weighted by molar-refractivity contribution is -0.384. The molecule has 1 aromatic rings. The highest BCUT2D eigenvalue weighted by Gasteiger charge is 2.25. The van der Waals surface area contributed by atoms with Crippen molar-refractivity contribution in [3.05, 3.63) is 32.5 Å². The third-order valence-electron chi connectivity index (χ3n) is 3.22. The summed E-state index contributed by atoms with van der Waals surface area (Å²) in [4.78, 5) is 14.3. The first-order valence-corrected chi connectivity index (χ1v) is 6.80. The molecule has 0 amide bonds. The van der Waals surface area contributed by atoms with Crippen LogP contribution in [-0.4, -0.2) is 42.5 Å². The zero-order chi connectivity index (χ0) is 14.7. The maximum Gasteiger partial charge on any atom is 0.295 e. The number of nitro benzene ring substituents is 1. The molecule has 1 aliphatic rings. The number of benzene rings is 1. The van der Waals surface area contributed by atoms with Gasteiger partial charge in [-0.15, -0.1) is 0 Å². The van der Waals surface area contributed by atoms with Crippen LogP contribution in [0.5, 0.6) is 0 Å². The van der Waals surface area contributed by atoms with Crippen molar-refractivity contribution in [2.75, 3.05) is 37.6 Å². The fourth-order valence-corrected chi connectivity index (χ4v) is 2.50. The molecule has 0 bridgehead atoms. The fourth-order valence-electron chi connectivity index (χ4n) is 2.17. The molecule has 1 heterocycles. The number of anilines is 1. The van der Waals surface area contributed by atoms with E-state index in [1.54, 1.807) is 0 Å². The first-order valence-electron chi connectivity index (χ1n) is 6.00. The van der Waals surface area contributed by atoms with Crippen molar-refractivity contribution in [1.29, 1.82) is 5.26 Å². The van der Waals surface area contributed by atoms with E-state index in [-0.39, 0.29) is 10.2 Å². The summed E-state index contributed by atoms with van der Waals surface area (Å²) in [6.45, 7) is 2.80. The summed E-state index contributed by atoms with van der Waals surface area (Å²) >= 11 is 3.05. The first-order chi connectivity index (χ1) is 9.52. The summed E-state index contributed by atoms with van der Waals surface area (Å²) in [5.41, 5.74) is 0.166. The van der Waals surface area contributed by atoms with Gasteiger partial charge in [0.05, 0.1) is 28.1 Å². The summed E-state index contributed by atoms with van der Waals surface area (Å²) in [6.07, 6.45) is 0. The van der Waals surface area contributed by atoms with Gasteiger partial charge in [-0.3, -0.25) is 15.0 Å². The van der Waals surface area contributed by atoms with Crippen LogP contribution in [0.1, 0.15) is 0 Å². The molecular formula is C12H12BrFN4O2. The standard InChI is InChI=1S/C12H12BrFN4O2/c13-9-7-11(12(18(19)20)8-10(9)14)17-5-3-16(2-1-15)4-6-17/h7-8H,2-6H2. The second-order valence-corrected chi connectivity index (χ2v) is 5.29. The Morgan fingerprint density at radius 2 is 2.05 bits per heavy atom. The molecule has 0 spiro atoms. The topological polar surface area (TPSA) is 73.4 Å². The number of nitrogens with zero attached hydrogens (tertiary/aromatic N) is 4. The smallest absolute Gasteiger partial charge is 0.295 e. The minimum Gasteiger partial charge on any atom is -0.363 e. The SMILES string of the molecule is N#CCN1CCN(c2cc(Br)c(F)cc2[N+](=O)[O-])CC1. The molecule has 0 aliphatic carbocycles. The van der Waals surface area contributed by atoms with Gasteiger partial charge in [-0.25, -0.2) is 4.39 Å². The normalized spacial score (nSPS) is 15.9. The summed E-state index contributed by atoms with van der Waals surface area (Å²) in [7, 11) is 0. The number of rotatable bonds is 3. The minimum absolute atomic E-state index is 0.206. The van der Waals surface area contributed by atoms with Crippen molar-refractivity contribution in [3.63, 3.8) is 0 Å². The Balaban J connectivity index is 2.23. The number of piperazine rings is 1. The molecule has 0 N–H and O–H groups in total. The Morgan fingerprint density at radius 1 is 1.40 bits per heavy atom. The van der Waals surface area contributed by atoms with Crippen molar-refractivity contribution in [3.8, 4) is 6.07 Å². The van der Waals surface area contributed by atoms with Crippen LogP contribution in [0.15, 0.2) is 16.6 Å². The summed E-state index contributed by atoms with van der Waals surface area (Å²) in [6, 6.07) is 4.45. The van der Waals surface area contributed by atoms with Crippen molar-refractivity contribution >= 4 is 27.3 Å². The molecule has 20 heavy (non-hydrogen) atoms. The van der Waals surface area contributed by atoms with E-state index in [0.717, 1.165) is 6.07 Å². The van der Waals surface area contributed by atoms with Crippen LogP contribution in [0.4, 0.5) is 15.8 Å². The van der Waals surface area contributed by atoms with Crippen molar-refractivity contribution in [2.24, 2.45) is 0 Å². The molecule has 6 nitrogen and oxygen atoms in total. The summed E-state index contributed by atoms with van der Waals surface area (Å²) < 4.78 is 13.6. The van der Waals surface area contributed by atoms with Gasteiger partial charge in [-0.05, 0) is 22.0 Å². The Hall–Kier alpha value is -1.72. The molecule has 0 saturated carbocycles. The van der Waals surface area contributed by atoms with Gasteiger partial charge in [-0.1, -0.05) is 0 Å². The maximum absolute atomic E-state index is 13.4.